The quantitative estimate of drug-likeness (QED) is 0.440. The monoisotopic (exact) mass is 497 g/mol. The Hall–Kier alpha value is -0.580. The van der Waals surface area contributed by atoms with Gasteiger partial charge in [0.05, 0.1) is 10.2 Å². The molecule has 0 bridgehead atoms. The zero-order valence-corrected chi connectivity index (χ0v) is 23.0. The maximum Gasteiger partial charge on any atom is 0.0794 e. The van der Waals surface area contributed by atoms with Gasteiger partial charge in [0.1, 0.15) is 0 Å². The van der Waals surface area contributed by atoms with Gasteiger partial charge in [0.2, 0.25) is 0 Å². The molecule has 1 aromatic rings. The van der Waals surface area contributed by atoms with Crippen molar-refractivity contribution in [1.29, 1.82) is 0 Å². The normalized spacial score (nSPS) is 40.4. The SMILES string of the molecule is CCN(CC)c1ccc(C2CC3(C)C(CC[C@@H]3O)C3CCC4=CC5(CCC4C23)SCCS5)cc1. The van der Waals surface area contributed by atoms with E-state index in [-0.39, 0.29) is 11.5 Å². The standard InChI is InChI=1S/C30H43NOS2/c1-4-31(5-2)22-9-6-20(7-10-22)25-19-29(3)26(12-13-27(29)32)24-11-8-21-18-30(33-16-17-34-30)15-14-23(21)28(24)25/h6-7,9-10,18,23-28,32H,4-5,8,11-17,19H2,1-3H3/t23?,24?,25?,26?,27-,28?,29?/m0/s1. The van der Waals surface area contributed by atoms with E-state index in [1.165, 1.54) is 61.3 Å². The number of rotatable bonds is 4. The number of anilines is 1. The van der Waals surface area contributed by atoms with Crippen LogP contribution in [0.25, 0.3) is 0 Å². The third kappa shape index (κ3) is 3.72. The Balaban J connectivity index is 1.37. The predicted octanol–water partition coefficient (Wildman–Crippen LogP) is 7.34. The molecule has 4 heteroatoms. The molecule has 1 aliphatic heterocycles. The van der Waals surface area contributed by atoms with Crippen LogP contribution in [0.4, 0.5) is 5.69 Å². The van der Waals surface area contributed by atoms with Crippen LogP contribution in [0.2, 0.25) is 0 Å². The van der Waals surface area contributed by atoms with Crippen molar-refractivity contribution in [2.75, 3.05) is 29.5 Å². The lowest BCUT2D eigenvalue weighted by Gasteiger charge is -2.57. The smallest absolute Gasteiger partial charge is 0.0794 e. The molecule has 3 saturated carbocycles. The van der Waals surface area contributed by atoms with Crippen molar-refractivity contribution in [2.24, 2.45) is 29.1 Å². The first-order valence-electron chi connectivity index (χ1n) is 14.0. The van der Waals surface area contributed by atoms with Gasteiger partial charge in [-0.3, -0.25) is 0 Å². The molecule has 0 radical (unpaired) electrons. The molecule has 186 valence electrons. The largest absolute Gasteiger partial charge is 0.393 e. The van der Waals surface area contributed by atoms with Crippen LogP contribution in [0.5, 0.6) is 0 Å². The molecule has 34 heavy (non-hydrogen) atoms. The van der Waals surface area contributed by atoms with Gasteiger partial charge < -0.3 is 10.0 Å². The van der Waals surface area contributed by atoms with Gasteiger partial charge >= 0.3 is 0 Å². The van der Waals surface area contributed by atoms with Crippen molar-refractivity contribution in [1.82, 2.24) is 0 Å². The van der Waals surface area contributed by atoms with Gasteiger partial charge in [-0.15, -0.1) is 23.5 Å². The number of thioether (sulfide) groups is 2. The molecule has 1 spiro atoms. The second-order valence-corrected chi connectivity index (χ2v) is 15.0. The number of aliphatic hydroxyl groups is 1. The number of allylic oxidation sites excluding steroid dienone is 1. The molecule has 1 aromatic carbocycles. The van der Waals surface area contributed by atoms with E-state index in [0.717, 1.165) is 37.3 Å². The number of hydrogen-bond donors (Lipinski definition) is 1. The lowest BCUT2D eigenvalue weighted by molar-refractivity contribution is -0.0659. The minimum Gasteiger partial charge on any atom is -0.393 e. The number of nitrogens with zero attached hydrogens (tertiary/aromatic N) is 1. The molecule has 6 rings (SSSR count). The van der Waals surface area contributed by atoms with Crippen LogP contribution in [0.1, 0.15) is 77.2 Å². The summed E-state index contributed by atoms with van der Waals surface area (Å²) < 4.78 is 0.395. The fraction of sp³-hybridized carbons (Fsp3) is 0.733. The first kappa shape index (κ1) is 23.8. The lowest BCUT2D eigenvalue weighted by Crippen LogP contribution is -2.51. The predicted molar refractivity (Wildman–Crippen MR) is 149 cm³/mol. The summed E-state index contributed by atoms with van der Waals surface area (Å²) in [6, 6.07) is 9.65. The fourth-order valence-electron chi connectivity index (χ4n) is 8.98. The number of hydrogen-bond acceptors (Lipinski definition) is 4. The van der Waals surface area contributed by atoms with Crippen molar-refractivity contribution in [2.45, 2.75) is 81.8 Å². The Morgan fingerprint density at radius 2 is 1.71 bits per heavy atom. The van der Waals surface area contributed by atoms with Gasteiger partial charge in [0, 0.05) is 30.3 Å². The Bertz CT molecular complexity index is 918. The minimum atomic E-state index is -0.117. The third-order valence-electron chi connectivity index (χ3n) is 10.6. The molecule has 4 aliphatic carbocycles. The molecule has 0 amide bonds. The van der Waals surface area contributed by atoms with Gasteiger partial charge in [-0.25, -0.2) is 0 Å². The molecule has 1 heterocycles. The highest BCUT2D eigenvalue weighted by atomic mass is 32.2. The molecule has 2 nitrogen and oxygen atoms in total. The van der Waals surface area contributed by atoms with Gasteiger partial charge in [-0.05, 0) is 111 Å². The van der Waals surface area contributed by atoms with Crippen LogP contribution >= 0.6 is 23.5 Å². The highest BCUT2D eigenvalue weighted by molar-refractivity contribution is 8.21. The Morgan fingerprint density at radius 3 is 2.41 bits per heavy atom. The van der Waals surface area contributed by atoms with Crippen LogP contribution in [-0.2, 0) is 0 Å². The summed E-state index contributed by atoms with van der Waals surface area (Å²) in [4.78, 5) is 2.45. The number of benzene rings is 1. The second-order valence-electron chi connectivity index (χ2n) is 11.9. The van der Waals surface area contributed by atoms with Crippen molar-refractivity contribution in [3.63, 3.8) is 0 Å². The van der Waals surface area contributed by atoms with Crippen LogP contribution in [0, 0.1) is 29.1 Å². The molecule has 5 aliphatic rings. The van der Waals surface area contributed by atoms with E-state index in [9.17, 15) is 5.11 Å². The van der Waals surface area contributed by atoms with Gasteiger partial charge in [0.15, 0.2) is 0 Å². The molecule has 0 aromatic heterocycles. The Morgan fingerprint density at radius 1 is 0.971 bits per heavy atom. The summed E-state index contributed by atoms with van der Waals surface area (Å²) in [5.74, 6) is 6.25. The molecule has 6 unspecified atom stereocenters. The van der Waals surface area contributed by atoms with E-state index >= 15 is 0 Å². The molecule has 1 N–H and O–H groups in total. The summed E-state index contributed by atoms with van der Waals surface area (Å²) in [5.41, 5.74) is 4.79. The van der Waals surface area contributed by atoms with Crippen molar-refractivity contribution < 1.29 is 5.11 Å². The van der Waals surface area contributed by atoms with Crippen molar-refractivity contribution in [3.8, 4) is 0 Å². The average Bonchev–Trinajstić information content (AvgIpc) is 3.43. The number of aliphatic hydroxyl groups excluding tert-OH is 1. The van der Waals surface area contributed by atoms with Crippen LogP contribution in [0.15, 0.2) is 35.9 Å². The fourth-order valence-corrected chi connectivity index (χ4v) is 12.2. The zero-order valence-electron chi connectivity index (χ0n) is 21.3. The minimum absolute atomic E-state index is 0.0949. The van der Waals surface area contributed by atoms with Crippen molar-refractivity contribution >= 4 is 29.2 Å². The Kier molecular flexibility index (Phi) is 6.34. The molecule has 1 saturated heterocycles. The van der Waals surface area contributed by atoms with Gasteiger partial charge in [-0.1, -0.05) is 30.7 Å². The van der Waals surface area contributed by atoms with E-state index in [1.54, 1.807) is 5.57 Å². The van der Waals surface area contributed by atoms with Gasteiger partial charge in [0.25, 0.3) is 0 Å². The first-order chi connectivity index (χ1) is 16.5. The Labute approximate surface area is 215 Å². The van der Waals surface area contributed by atoms with E-state index in [2.05, 4.69) is 79.5 Å². The average molecular weight is 498 g/mol. The second kappa shape index (κ2) is 9.06. The summed E-state index contributed by atoms with van der Waals surface area (Å²) >= 11 is 4.44. The van der Waals surface area contributed by atoms with Crippen LogP contribution < -0.4 is 4.90 Å². The molecule has 4 fully saturated rings. The third-order valence-corrected chi connectivity index (χ3v) is 14.0. The number of fused-ring (bicyclic) bond motifs is 5. The summed E-state index contributed by atoms with van der Waals surface area (Å²) in [7, 11) is 0. The van der Waals surface area contributed by atoms with Gasteiger partial charge in [-0.2, -0.15) is 0 Å². The summed E-state index contributed by atoms with van der Waals surface area (Å²) in [6.45, 7) is 9.06. The van der Waals surface area contributed by atoms with E-state index < -0.39 is 0 Å². The summed E-state index contributed by atoms with van der Waals surface area (Å²) in [6.07, 6.45) is 11.5. The highest BCUT2D eigenvalue weighted by Crippen LogP contribution is 2.67. The maximum absolute atomic E-state index is 11.2. The summed E-state index contributed by atoms with van der Waals surface area (Å²) in [5, 5.41) is 11.2. The van der Waals surface area contributed by atoms with Crippen molar-refractivity contribution in [3.05, 3.63) is 41.5 Å². The van der Waals surface area contributed by atoms with E-state index in [4.69, 9.17) is 0 Å². The van der Waals surface area contributed by atoms with Crippen LogP contribution in [-0.4, -0.2) is 39.9 Å². The van der Waals surface area contributed by atoms with Crippen LogP contribution in [0.3, 0.4) is 0 Å². The topological polar surface area (TPSA) is 23.5 Å². The molecular weight excluding hydrogens is 454 g/mol. The maximum atomic E-state index is 11.2. The first-order valence-corrected chi connectivity index (χ1v) is 16.0. The molecule has 7 atom stereocenters. The van der Waals surface area contributed by atoms with E-state index in [1.807, 2.05) is 0 Å². The highest BCUT2D eigenvalue weighted by Gasteiger charge is 2.59. The molecular formula is C30H43NOS2. The zero-order chi connectivity index (χ0) is 23.5. The van der Waals surface area contributed by atoms with E-state index in [0.29, 0.717) is 15.9 Å². The lowest BCUT2D eigenvalue weighted by atomic mass is 9.48.